The standard InChI is InChI=1S/C23H26ClN3O5/c1-14(2)31-18-9-10-19(20(24)11-18)22(29)27-12-15(3)26(23(30)25-32-16(4)28)13-17-7-5-6-8-21(17)27/h5-11,14-15H,12-13H2,1-4H3,(H,25,30)/t15-/m1/s1. The molecule has 0 spiro atoms. The Bertz CT molecular complexity index is 1030. The molecule has 2 aromatic carbocycles. The molecule has 1 heterocycles. The molecule has 0 aliphatic carbocycles. The number of hydroxylamine groups is 1. The molecule has 0 fully saturated rings. The Balaban J connectivity index is 1.91. The number of halogens is 1. The number of carbonyl (C=O) groups excluding carboxylic acids is 3. The van der Waals surface area contributed by atoms with E-state index in [1.807, 2.05) is 45.0 Å². The van der Waals surface area contributed by atoms with Crippen LogP contribution in [0.25, 0.3) is 0 Å². The van der Waals surface area contributed by atoms with Crippen LogP contribution >= 0.6 is 11.6 Å². The van der Waals surface area contributed by atoms with Crippen LogP contribution in [-0.4, -0.2) is 41.5 Å². The van der Waals surface area contributed by atoms with Gasteiger partial charge in [0.15, 0.2) is 0 Å². The first-order chi connectivity index (χ1) is 15.2. The Kier molecular flexibility index (Phi) is 7.25. The van der Waals surface area contributed by atoms with Crippen LogP contribution in [0.4, 0.5) is 10.5 Å². The second-order valence-corrected chi connectivity index (χ2v) is 8.24. The Morgan fingerprint density at radius 3 is 2.53 bits per heavy atom. The van der Waals surface area contributed by atoms with E-state index in [9.17, 15) is 14.4 Å². The topological polar surface area (TPSA) is 88.2 Å². The minimum atomic E-state index is -0.627. The Labute approximate surface area is 192 Å². The Hall–Kier alpha value is -3.26. The lowest BCUT2D eigenvalue weighted by Gasteiger charge is -2.29. The molecule has 2 aromatic rings. The largest absolute Gasteiger partial charge is 0.491 e. The molecule has 0 aromatic heterocycles. The van der Waals surface area contributed by atoms with E-state index in [0.717, 1.165) is 5.56 Å². The highest BCUT2D eigenvalue weighted by molar-refractivity contribution is 6.34. The third kappa shape index (κ3) is 5.31. The number of nitrogens with zero attached hydrogens (tertiary/aromatic N) is 2. The zero-order valence-electron chi connectivity index (χ0n) is 18.4. The Morgan fingerprint density at radius 1 is 1.16 bits per heavy atom. The number of carbonyl (C=O) groups is 3. The van der Waals surface area contributed by atoms with Crippen LogP contribution in [0, 0.1) is 0 Å². The predicted octanol–water partition coefficient (Wildman–Crippen LogP) is 4.17. The van der Waals surface area contributed by atoms with Gasteiger partial charge in [0.1, 0.15) is 5.75 Å². The first-order valence-corrected chi connectivity index (χ1v) is 10.6. The van der Waals surface area contributed by atoms with Gasteiger partial charge >= 0.3 is 12.0 Å². The summed E-state index contributed by atoms with van der Waals surface area (Å²) in [7, 11) is 0. The summed E-state index contributed by atoms with van der Waals surface area (Å²) in [5.74, 6) is -0.329. The summed E-state index contributed by atoms with van der Waals surface area (Å²) in [6.45, 7) is 7.30. The van der Waals surface area contributed by atoms with Crippen molar-refractivity contribution in [2.75, 3.05) is 11.4 Å². The van der Waals surface area contributed by atoms with Crippen molar-refractivity contribution >= 4 is 35.2 Å². The van der Waals surface area contributed by atoms with Crippen LogP contribution in [0.2, 0.25) is 5.02 Å². The first kappa shape index (κ1) is 23.4. The van der Waals surface area contributed by atoms with Gasteiger partial charge in [-0.1, -0.05) is 29.8 Å². The van der Waals surface area contributed by atoms with E-state index < -0.39 is 12.0 Å². The van der Waals surface area contributed by atoms with Crippen molar-refractivity contribution in [2.24, 2.45) is 0 Å². The molecule has 3 rings (SSSR count). The molecule has 0 radical (unpaired) electrons. The van der Waals surface area contributed by atoms with E-state index in [4.69, 9.17) is 16.3 Å². The average molecular weight is 460 g/mol. The number of benzene rings is 2. The van der Waals surface area contributed by atoms with Gasteiger partial charge < -0.3 is 19.4 Å². The third-order valence-electron chi connectivity index (χ3n) is 4.93. The van der Waals surface area contributed by atoms with E-state index in [1.165, 1.54) is 11.8 Å². The quantitative estimate of drug-likeness (QED) is 0.696. The molecule has 0 saturated carbocycles. The maximum atomic E-state index is 13.5. The van der Waals surface area contributed by atoms with Gasteiger partial charge in [0, 0.05) is 31.7 Å². The van der Waals surface area contributed by atoms with Crippen molar-refractivity contribution in [1.29, 1.82) is 0 Å². The van der Waals surface area contributed by atoms with Gasteiger partial charge in [0.2, 0.25) is 0 Å². The van der Waals surface area contributed by atoms with E-state index in [2.05, 4.69) is 10.3 Å². The number of rotatable bonds is 3. The SMILES string of the molecule is CC(=O)ONC(=O)N1Cc2ccccc2N(C(=O)c2ccc(OC(C)C)cc2Cl)C[C@H]1C. The van der Waals surface area contributed by atoms with Gasteiger partial charge in [-0.3, -0.25) is 9.59 Å². The fourth-order valence-electron chi connectivity index (χ4n) is 3.51. The molecule has 1 atom stereocenters. The highest BCUT2D eigenvalue weighted by atomic mass is 35.5. The lowest BCUT2D eigenvalue weighted by Crippen LogP contribution is -2.48. The monoisotopic (exact) mass is 459 g/mol. The summed E-state index contributed by atoms with van der Waals surface area (Å²) >= 11 is 6.43. The molecule has 0 unspecified atom stereocenters. The maximum Gasteiger partial charge on any atom is 0.351 e. The van der Waals surface area contributed by atoms with E-state index in [1.54, 1.807) is 23.1 Å². The van der Waals surface area contributed by atoms with Gasteiger partial charge in [-0.25, -0.2) is 4.79 Å². The number of nitrogens with one attached hydrogen (secondary N) is 1. The lowest BCUT2D eigenvalue weighted by atomic mass is 10.1. The fraction of sp³-hybridized carbons (Fsp3) is 0.348. The van der Waals surface area contributed by atoms with Gasteiger partial charge in [-0.15, -0.1) is 0 Å². The summed E-state index contributed by atoms with van der Waals surface area (Å²) in [4.78, 5) is 44.9. The molecule has 0 saturated heterocycles. The number of anilines is 1. The number of fused-ring (bicyclic) bond motifs is 1. The number of para-hydroxylation sites is 1. The highest BCUT2D eigenvalue weighted by Gasteiger charge is 2.32. The van der Waals surface area contributed by atoms with E-state index >= 15 is 0 Å². The van der Waals surface area contributed by atoms with Crippen molar-refractivity contribution in [3.63, 3.8) is 0 Å². The summed E-state index contributed by atoms with van der Waals surface area (Å²) in [6.07, 6.45) is -0.0185. The van der Waals surface area contributed by atoms with Crippen LogP contribution in [0.3, 0.4) is 0 Å². The van der Waals surface area contributed by atoms with Crippen LogP contribution in [-0.2, 0) is 16.2 Å². The maximum absolute atomic E-state index is 13.5. The minimum Gasteiger partial charge on any atom is -0.491 e. The minimum absolute atomic E-state index is 0.0185. The summed E-state index contributed by atoms with van der Waals surface area (Å²) in [5, 5.41) is 0.284. The van der Waals surface area contributed by atoms with Crippen molar-refractivity contribution in [1.82, 2.24) is 10.4 Å². The van der Waals surface area contributed by atoms with Crippen LogP contribution in [0.5, 0.6) is 5.75 Å². The van der Waals surface area contributed by atoms with Gasteiger partial charge in [0.05, 0.1) is 16.7 Å². The van der Waals surface area contributed by atoms with Crippen molar-refractivity contribution in [3.05, 3.63) is 58.6 Å². The molecule has 3 amide bonds. The molecule has 1 aliphatic heterocycles. The lowest BCUT2D eigenvalue weighted by molar-refractivity contribution is -0.146. The van der Waals surface area contributed by atoms with E-state index in [-0.39, 0.29) is 36.2 Å². The number of ether oxygens (including phenoxy) is 1. The van der Waals surface area contributed by atoms with Crippen molar-refractivity contribution < 1.29 is 24.0 Å². The van der Waals surface area contributed by atoms with Crippen LogP contribution in [0.15, 0.2) is 42.5 Å². The Morgan fingerprint density at radius 2 is 1.88 bits per heavy atom. The molecule has 8 nitrogen and oxygen atoms in total. The molecule has 9 heteroatoms. The number of hydrogen-bond donors (Lipinski definition) is 1. The molecule has 1 aliphatic rings. The van der Waals surface area contributed by atoms with Gasteiger partial charge in [-0.05, 0) is 50.6 Å². The second kappa shape index (κ2) is 9.91. The molecule has 170 valence electrons. The van der Waals surface area contributed by atoms with Gasteiger partial charge in [0.25, 0.3) is 5.91 Å². The molecule has 1 N–H and O–H groups in total. The average Bonchev–Trinajstić information content (AvgIpc) is 2.88. The fourth-order valence-corrected chi connectivity index (χ4v) is 3.76. The zero-order chi connectivity index (χ0) is 23.4. The first-order valence-electron chi connectivity index (χ1n) is 10.3. The molecular weight excluding hydrogens is 434 g/mol. The van der Waals surface area contributed by atoms with Crippen molar-refractivity contribution in [2.45, 2.75) is 46.4 Å². The third-order valence-corrected chi connectivity index (χ3v) is 5.25. The molecular formula is C23H26ClN3O5. The van der Waals surface area contributed by atoms with Crippen LogP contribution in [0.1, 0.15) is 43.6 Å². The number of urea groups is 1. The zero-order valence-corrected chi connectivity index (χ0v) is 19.2. The highest BCUT2D eigenvalue weighted by Crippen LogP contribution is 2.31. The summed E-state index contributed by atoms with van der Waals surface area (Å²) in [6, 6.07) is 11.4. The molecule has 0 bridgehead atoms. The van der Waals surface area contributed by atoms with Crippen LogP contribution < -0.4 is 15.1 Å². The molecule has 32 heavy (non-hydrogen) atoms. The van der Waals surface area contributed by atoms with Crippen molar-refractivity contribution in [3.8, 4) is 5.75 Å². The van der Waals surface area contributed by atoms with E-state index in [0.29, 0.717) is 17.0 Å². The normalized spacial score (nSPS) is 15.6. The summed E-state index contributed by atoms with van der Waals surface area (Å²) < 4.78 is 5.65. The number of amides is 3. The summed E-state index contributed by atoms with van der Waals surface area (Å²) in [5.41, 5.74) is 3.94. The second-order valence-electron chi connectivity index (χ2n) is 7.83. The number of hydrogen-bond acceptors (Lipinski definition) is 5. The van der Waals surface area contributed by atoms with Gasteiger partial charge in [-0.2, -0.15) is 5.48 Å². The predicted molar refractivity (Wildman–Crippen MR) is 121 cm³/mol. The smallest absolute Gasteiger partial charge is 0.351 e.